The van der Waals surface area contributed by atoms with Gasteiger partial charge >= 0.3 is 6.03 Å². The van der Waals surface area contributed by atoms with E-state index in [-0.39, 0.29) is 12.5 Å². The molecule has 3 heterocycles. The first-order chi connectivity index (χ1) is 17.9. The number of pyridine rings is 1. The molecule has 1 aromatic heterocycles. The van der Waals surface area contributed by atoms with Gasteiger partial charge in [-0.3, -0.25) is 19.9 Å². The quantitative estimate of drug-likeness (QED) is 0.399. The summed E-state index contributed by atoms with van der Waals surface area (Å²) < 4.78 is 6.13. The van der Waals surface area contributed by atoms with Crippen LogP contribution in [0.1, 0.15) is 32.7 Å². The smallest absolute Gasteiger partial charge is 0.322 e. The summed E-state index contributed by atoms with van der Waals surface area (Å²) in [6, 6.07) is 23.8. The standard InChI is InChI=1S/C29H24N4O4/c1-18-13-20(23-9-5-6-10-25(23)30-18)16-37-22-11-12-24-19(14-22)15-33(26(24)34)17-29(21-7-3-2-4-8-21)27(35)31-28(36)32-29/h2-14H,15-17H2,1H3,(H2,31,32,35,36). The minimum atomic E-state index is -1.35. The lowest BCUT2D eigenvalue weighted by molar-refractivity contribution is -0.124. The molecule has 4 aromatic rings. The SMILES string of the molecule is Cc1cc(COc2ccc3c(c2)CN(CC2(c4ccccc4)NC(=O)NC2=O)C3=O)c2ccccc2n1. The van der Waals surface area contributed by atoms with Gasteiger partial charge in [0, 0.05) is 28.8 Å². The minimum Gasteiger partial charge on any atom is -0.489 e. The number of carbonyl (C=O) groups excluding carboxylic acids is 3. The Balaban J connectivity index is 1.23. The van der Waals surface area contributed by atoms with Gasteiger partial charge in [0.25, 0.3) is 11.8 Å². The largest absolute Gasteiger partial charge is 0.489 e. The molecule has 4 amide bonds. The van der Waals surface area contributed by atoms with Gasteiger partial charge in [-0.2, -0.15) is 0 Å². The van der Waals surface area contributed by atoms with Gasteiger partial charge in [-0.15, -0.1) is 0 Å². The summed E-state index contributed by atoms with van der Waals surface area (Å²) in [4.78, 5) is 44.4. The Morgan fingerprint density at radius 3 is 2.54 bits per heavy atom. The van der Waals surface area contributed by atoms with Crippen LogP contribution < -0.4 is 15.4 Å². The molecule has 1 atom stereocenters. The van der Waals surface area contributed by atoms with Crippen molar-refractivity contribution in [1.82, 2.24) is 20.5 Å². The second-order valence-electron chi connectivity index (χ2n) is 9.39. The third-order valence-electron chi connectivity index (χ3n) is 6.92. The first-order valence-electron chi connectivity index (χ1n) is 12.0. The van der Waals surface area contributed by atoms with Gasteiger partial charge in [0.05, 0.1) is 12.1 Å². The van der Waals surface area contributed by atoms with Crippen molar-refractivity contribution in [3.63, 3.8) is 0 Å². The fraction of sp³-hybridized carbons (Fsp3) is 0.172. The number of imide groups is 1. The lowest BCUT2D eigenvalue weighted by Gasteiger charge is -2.31. The van der Waals surface area contributed by atoms with Gasteiger partial charge in [-0.05, 0) is 48.4 Å². The van der Waals surface area contributed by atoms with Crippen molar-refractivity contribution in [3.05, 3.63) is 107 Å². The van der Waals surface area contributed by atoms with Crippen LogP contribution >= 0.6 is 0 Å². The first kappa shape index (κ1) is 22.7. The van der Waals surface area contributed by atoms with E-state index < -0.39 is 17.5 Å². The molecule has 0 saturated carbocycles. The molecule has 184 valence electrons. The molecule has 6 rings (SSSR count). The molecule has 2 N–H and O–H groups in total. The van der Waals surface area contributed by atoms with E-state index in [0.717, 1.165) is 27.7 Å². The highest BCUT2D eigenvalue weighted by atomic mass is 16.5. The molecule has 0 aliphatic carbocycles. The van der Waals surface area contributed by atoms with Crippen molar-refractivity contribution in [3.8, 4) is 5.75 Å². The maximum Gasteiger partial charge on any atom is 0.322 e. The average Bonchev–Trinajstić information content (AvgIpc) is 3.37. The molecule has 0 radical (unpaired) electrons. The van der Waals surface area contributed by atoms with Crippen LogP contribution in [0.15, 0.2) is 78.9 Å². The van der Waals surface area contributed by atoms with Crippen LogP contribution in [0.3, 0.4) is 0 Å². The zero-order valence-corrected chi connectivity index (χ0v) is 20.2. The van der Waals surface area contributed by atoms with Crippen molar-refractivity contribution in [2.45, 2.75) is 25.6 Å². The van der Waals surface area contributed by atoms with Crippen molar-refractivity contribution >= 4 is 28.7 Å². The maximum absolute atomic E-state index is 13.3. The molecule has 8 nitrogen and oxygen atoms in total. The molecule has 0 spiro atoms. The van der Waals surface area contributed by atoms with Crippen molar-refractivity contribution in [1.29, 1.82) is 0 Å². The molecule has 8 heteroatoms. The third-order valence-corrected chi connectivity index (χ3v) is 6.92. The summed E-state index contributed by atoms with van der Waals surface area (Å²) in [5.41, 5.74) is 3.52. The summed E-state index contributed by atoms with van der Waals surface area (Å²) in [5, 5.41) is 6.12. The molecule has 3 aromatic carbocycles. The number of urea groups is 1. The molecule has 37 heavy (non-hydrogen) atoms. The topological polar surface area (TPSA) is 101 Å². The highest BCUT2D eigenvalue weighted by Gasteiger charge is 2.50. The van der Waals surface area contributed by atoms with Crippen LogP contribution in [0.4, 0.5) is 4.79 Å². The number of para-hydroxylation sites is 1. The monoisotopic (exact) mass is 492 g/mol. The predicted octanol–water partition coefficient (Wildman–Crippen LogP) is 3.81. The third kappa shape index (κ3) is 3.96. The molecule has 2 aliphatic rings. The van der Waals surface area contributed by atoms with Crippen LogP contribution in [0.25, 0.3) is 10.9 Å². The van der Waals surface area contributed by atoms with E-state index in [0.29, 0.717) is 30.0 Å². The van der Waals surface area contributed by atoms with Gasteiger partial charge < -0.3 is 15.0 Å². The number of nitrogens with one attached hydrogen (secondary N) is 2. The maximum atomic E-state index is 13.3. The summed E-state index contributed by atoms with van der Waals surface area (Å²) in [5.74, 6) is -0.0189. The second-order valence-corrected chi connectivity index (χ2v) is 9.39. The van der Waals surface area contributed by atoms with Gasteiger partial charge in [0.15, 0.2) is 5.54 Å². The number of hydrogen-bond acceptors (Lipinski definition) is 5. The molecule has 1 fully saturated rings. The van der Waals surface area contributed by atoms with Gasteiger partial charge in [-0.25, -0.2) is 4.79 Å². The molecular weight excluding hydrogens is 468 g/mol. The first-order valence-corrected chi connectivity index (χ1v) is 12.0. The van der Waals surface area contributed by atoms with E-state index in [1.165, 1.54) is 0 Å². The zero-order valence-electron chi connectivity index (χ0n) is 20.2. The van der Waals surface area contributed by atoms with E-state index in [1.54, 1.807) is 41.3 Å². The number of amides is 4. The van der Waals surface area contributed by atoms with Crippen LogP contribution in [0.5, 0.6) is 5.75 Å². The summed E-state index contributed by atoms with van der Waals surface area (Å²) in [6.45, 7) is 2.64. The van der Waals surface area contributed by atoms with Gasteiger partial charge in [0.2, 0.25) is 0 Å². The van der Waals surface area contributed by atoms with Crippen LogP contribution in [0.2, 0.25) is 0 Å². The number of aromatic nitrogens is 1. The number of ether oxygens (including phenoxy) is 1. The zero-order chi connectivity index (χ0) is 25.6. The molecular formula is C29H24N4O4. The number of benzene rings is 3. The summed E-state index contributed by atoms with van der Waals surface area (Å²) in [7, 11) is 0. The fourth-order valence-corrected chi connectivity index (χ4v) is 5.16. The molecule has 2 aliphatic heterocycles. The Morgan fingerprint density at radius 2 is 1.76 bits per heavy atom. The van der Waals surface area contributed by atoms with Crippen LogP contribution in [-0.2, 0) is 23.5 Å². The number of aryl methyl sites for hydroxylation is 1. The normalized spacial score (nSPS) is 18.6. The van der Waals surface area contributed by atoms with E-state index in [9.17, 15) is 14.4 Å². The molecule has 0 bridgehead atoms. The Kier molecular flexibility index (Phi) is 5.37. The number of rotatable bonds is 6. The average molecular weight is 493 g/mol. The van der Waals surface area contributed by atoms with E-state index in [2.05, 4.69) is 15.6 Å². The van der Waals surface area contributed by atoms with Gasteiger partial charge in [-0.1, -0.05) is 48.5 Å². The Bertz CT molecular complexity index is 1570. The minimum absolute atomic E-state index is 0.0145. The highest BCUT2D eigenvalue weighted by Crippen LogP contribution is 2.33. The fourth-order valence-electron chi connectivity index (χ4n) is 5.16. The highest BCUT2D eigenvalue weighted by molar-refractivity contribution is 6.08. The number of hydrogen-bond donors (Lipinski definition) is 2. The van der Waals surface area contributed by atoms with Gasteiger partial charge in [0.1, 0.15) is 12.4 Å². The Labute approximate surface area is 213 Å². The number of fused-ring (bicyclic) bond motifs is 2. The van der Waals surface area contributed by atoms with Crippen molar-refractivity contribution < 1.29 is 19.1 Å². The summed E-state index contributed by atoms with van der Waals surface area (Å²) >= 11 is 0. The Morgan fingerprint density at radius 1 is 0.973 bits per heavy atom. The number of carbonyl (C=O) groups is 3. The van der Waals surface area contributed by atoms with Crippen molar-refractivity contribution in [2.24, 2.45) is 0 Å². The number of nitrogens with zero attached hydrogens (tertiary/aromatic N) is 2. The Hall–Kier alpha value is -4.72. The van der Waals surface area contributed by atoms with E-state index >= 15 is 0 Å². The molecule has 1 unspecified atom stereocenters. The lowest BCUT2D eigenvalue weighted by atomic mass is 9.89. The van der Waals surface area contributed by atoms with E-state index in [4.69, 9.17) is 4.74 Å². The lowest BCUT2D eigenvalue weighted by Crippen LogP contribution is -2.52. The predicted molar refractivity (Wildman–Crippen MR) is 137 cm³/mol. The van der Waals surface area contributed by atoms with E-state index in [1.807, 2.05) is 49.4 Å². The summed E-state index contributed by atoms with van der Waals surface area (Å²) in [6.07, 6.45) is 0. The van der Waals surface area contributed by atoms with Crippen LogP contribution in [-0.4, -0.2) is 34.3 Å². The second kappa shape index (κ2) is 8.74. The van der Waals surface area contributed by atoms with Crippen molar-refractivity contribution in [2.75, 3.05) is 6.54 Å². The van der Waals surface area contributed by atoms with Crippen LogP contribution in [0, 0.1) is 6.92 Å². The molecule has 1 saturated heterocycles.